The predicted molar refractivity (Wildman–Crippen MR) is 79.6 cm³/mol. The summed E-state index contributed by atoms with van der Waals surface area (Å²) in [4.78, 5) is 0. The minimum absolute atomic E-state index is 0.101. The first-order chi connectivity index (χ1) is 9.54. The van der Waals surface area contributed by atoms with Gasteiger partial charge in [0, 0.05) is 17.1 Å². The Morgan fingerprint density at radius 1 is 1.35 bits per heavy atom. The average molecular weight is 320 g/mol. The van der Waals surface area contributed by atoms with Crippen molar-refractivity contribution >= 4 is 23.2 Å². The fourth-order valence-electron chi connectivity index (χ4n) is 2.17. The molecule has 0 spiro atoms. The molecule has 0 radical (unpaired) electrons. The summed E-state index contributed by atoms with van der Waals surface area (Å²) >= 11 is 11.8. The number of β-amino-alcohol motifs (C(OH)–C–C–N with tert-alkyl or cyclic N) is 1. The molecule has 1 saturated carbocycles. The molecule has 0 amide bonds. The normalized spacial score (nSPS) is 18.4. The zero-order valence-electron chi connectivity index (χ0n) is 11.1. The standard InChI is InChI=1S/C14H19Cl2NO3/c15-10-2-3-13(12(16)6-10)20-8-11(19)7-17-14(9-18)4-1-5-14/h2-3,6,11,17-19H,1,4-5,7-9H2. The zero-order chi connectivity index (χ0) is 14.6. The molecule has 1 unspecified atom stereocenters. The number of halogens is 2. The molecule has 112 valence electrons. The highest BCUT2D eigenvalue weighted by atomic mass is 35.5. The molecule has 0 bridgehead atoms. The lowest BCUT2D eigenvalue weighted by Crippen LogP contribution is -2.56. The van der Waals surface area contributed by atoms with E-state index in [9.17, 15) is 10.2 Å². The maximum atomic E-state index is 9.90. The van der Waals surface area contributed by atoms with Crippen LogP contribution in [0.2, 0.25) is 10.0 Å². The highest BCUT2D eigenvalue weighted by molar-refractivity contribution is 6.35. The third kappa shape index (κ3) is 3.99. The first-order valence-corrected chi connectivity index (χ1v) is 7.42. The smallest absolute Gasteiger partial charge is 0.138 e. The molecule has 1 aliphatic rings. The number of benzene rings is 1. The van der Waals surface area contributed by atoms with Gasteiger partial charge in [0.2, 0.25) is 0 Å². The van der Waals surface area contributed by atoms with Crippen LogP contribution in [0.25, 0.3) is 0 Å². The maximum absolute atomic E-state index is 9.90. The Hall–Kier alpha value is -0.520. The van der Waals surface area contributed by atoms with E-state index < -0.39 is 6.10 Å². The van der Waals surface area contributed by atoms with Gasteiger partial charge in [0.05, 0.1) is 11.6 Å². The van der Waals surface area contributed by atoms with Gasteiger partial charge < -0.3 is 20.3 Å². The lowest BCUT2D eigenvalue weighted by molar-refractivity contribution is 0.0540. The van der Waals surface area contributed by atoms with Crippen molar-refractivity contribution in [2.45, 2.75) is 30.9 Å². The maximum Gasteiger partial charge on any atom is 0.138 e. The topological polar surface area (TPSA) is 61.7 Å². The number of nitrogens with one attached hydrogen (secondary N) is 1. The number of aliphatic hydroxyl groups is 2. The SMILES string of the molecule is OCC1(NCC(O)COc2ccc(Cl)cc2Cl)CCC1. The Bertz CT molecular complexity index is 447. The van der Waals surface area contributed by atoms with Crippen molar-refractivity contribution in [2.75, 3.05) is 19.8 Å². The summed E-state index contributed by atoms with van der Waals surface area (Å²) in [6, 6.07) is 4.95. The van der Waals surface area contributed by atoms with Gasteiger partial charge in [-0.05, 0) is 37.5 Å². The van der Waals surface area contributed by atoms with Crippen molar-refractivity contribution < 1.29 is 14.9 Å². The van der Waals surface area contributed by atoms with Gasteiger partial charge in [0.1, 0.15) is 18.5 Å². The Balaban J connectivity index is 1.76. The van der Waals surface area contributed by atoms with Gasteiger partial charge in [0.15, 0.2) is 0 Å². The lowest BCUT2D eigenvalue weighted by atomic mass is 9.77. The van der Waals surface area contributed by atoms with Gasteiger partial charge >= 0.3 is 0 Å². The predicted octanol–water partition coefficient (Wildman–Crippen LogP) is 2.24. The summed E-state index contributed by atoms with van der Waals surface area (Å²) in [5.74, 6) is 0.496. The summed E-state index contributed by atoms with van der Waals surface area (Å²) < 4.78 is 5.46. The molecule has 1 aliphatic carbocycles. The first kappa shape index (κ1) is 15.9. The molecule has 2 rings (SSSR count). The van der Waals surface area contributed by atoms with E-state index in [0.717, 1.165) is 19.3 Å². The molecule has 4 nitrogen and oxygen atoms in total. The van der Waals surface area contributed by atoms with Crippen molar-refractivity contribution in [1.29, 1.82) is 0 Å². The van der Waals surface area contributed by atoms with Crippen LogP contribution < -0.4 is 10.1 Å². The molecular weight excluding hydrogens is 301 g/mol. The van der Waals surface area contributed by atoms with Crippen LogP contribution >= 0.6 is 23.2 Å². The van der Waals surface area contributed by atoms with E-state index in [0.29, 0.717) is 22.3 Å². The summed E-state index contributed by atoms with van der Waals surface area (Å²) in [6.45, 7) is 0.616. The van der Waals surface area contributed by atoms with Crippen LogP contribution in [0.3, 0.4) is 0 Å². The van der Waals surface area contributed by atoms with Crippen LogP contribution in [0.1, 0.15) is 19.3 Å². The quantitative estimate of drug-likeness (QED) is 0.721. The molecule has 0 aromatic heterocycles. The fourth-order valence-corrected chi connectivity index (χ4v) is 2.63. The summed E-state index contributed by atoms with van der Waals surface area (Å²) in [5, 5.41) is 23.4. The van der Waals surface area contributed by atoms with Crippen LogP contribution in [0.5, 0.6) is 5.75 Å². The fraction of sp³-hybridized carbons (Fsp3) is 0.571. The Labute approximate surface area is 128 Å². The van der Waals surface area contributed by atoms with E-state index in [-0.39, 0.29) is 18.8 Å². The molecular formula is C14H19Cl2NO3. The van der Waals surface area contributed by atoms with Crippen LogP contribution in [0.15, 0.2) is 18.2 Å². The van der Waals surface area contributed by atoms with Gasteiger partial charge in [-0.15, -0.1) is 0 Å². The lowest BCUT2D eigenvalue weighted by Gasteiger charge is -2.41. The number of hydrogen-bond acceptors (Lipinski definition) is 4. The molecule has 3 N–H and O–H groups in total. The zero-order valence-corrected chi connectivity index (χ0v) is 12.6. The monoisotopic (exact) mass is 319 g/mol. The summed E-state index contributed by atoms with van der Waals surface area (Å²) in [5.41, 5.74) is -0.209. The molecule has 0 aliphatic heterocycles. The highest BCUT2D eigenvalue weighted by Gasteiger charge is 2.35. The minimum Gasteiger partial charge on any atom is -0.489 e. The van der Waals surface area contributed by atoms with Crippen LogP contribution in [-0.4, -0.2) is 41.6 Å². The summed E-state index contributed by atoms with van der Waals surface area (Å²) in [6.07, 6.45) is 2.34. The Kier molecular flexibility index (Phi) is 5.52. The molecule has 0 saturated heterocycles. The van der Waals surface area contributed by atoms with E-state index in [1.165, 1.54) is 0 Å². The molecule has 0 heterocycles. The van der Waals surface area contributed by atoms with E-state index >= 15 is 0 Å². The van der Waals surface area contributed by atoms with Crippen LogP contribution in [0.4, 0.5) is 0 Å². The van der Waals surface area contributed by atoms with E-state index in [2.05, 4.69) is 5.32 Å². The Morgan fingerprint density at radius 3 is 2.65 bits per heavy atom. The Morgan fingerprint density at radius 2 is 2.10 bits per heavy atom. The average Bonchev–Trinajstić information content (AvgIpc) is 2.37. The minimum atomic E-state index is -0.661. The first-order valence-electron chi connectivity index (χ1n) is 6.66. The number of rotatable bonds is 7. The van der Waals surface area contributed by atoms with E-state index in [4.69, 9.17) is 27.9 Å². The highest BCUT2D eigenvalue weighted by Crippen LogP contribution is 2.31. The van der Waals surface area contributed by atoms with Gasteiger partial charge in [0.25, 0.3) is 0 Å². The summed E-state index contributed by atoms with van der Waals surface area (Å²) in [7, 11) is 0. The van der Waals surface area contributed by atoms with Gasteiger partial charge in [-0.1, -0.05) is 23.2 Å². The number of ether oxygens (including phenoxy) is 1. The van der Waals surface area contributed by atoms with Crippen molar-refractivity contribution in [1.82, 2.24) is 5.32 Å². The third-order valence-electron chi connectivity index (χ3n) is 3.65. The molecule has 6 heteroatoms. The van der Waals surface area contributed by atoms with Crippen LogP contribution in [-0.2, 0) is 0 Å². The number of hydrogen-bond donors (Lipinski definition) is 3. The third-order valence-corrected chi connectivity index (χ3v) is 4.18. The van der Waals surface area contributed by atoms with Crippen molar-refractivity contribution in [2.24, 2.45) is 0 Å². The van der Waals surface area contributed by atoms with Crippen molar-refractivity contribution in [3.8, 4) is 5.75 Å². The van der Waals surface area contributed by atoms with Crippen LogP contribution in [0, 0.1) is 0 Å². The van der Waals surface area contributed by atoms with Gasteiger partial charge in [-0.25, -0.2) is 0 Å². The second kappa shape index (κ2) is 6.96. The van der Waals surface area contributed by atoms with E-state index in [1.54, 1.807) is 18.2 Å². The van der Waals surface area contributed by atoms with Gasteiger partial charge in [-0.2, -0.15) is 0 Å². The van der Waals surface area contributed by atoms with Gasteiger partial charge in [-0.3, -0.25) is 0 Å². The molecule has 1 fully saturated rings. The van der Waals surface area contributed by atoms with E-state index in [1.807, 2.05) is 0 Å². The van der Waals surface area contributed by atoms with Crippen molar-refractivity contribution in [3.63, 3.8) is 0 Å². The molecule has 1 aromatic rings. The second-order valence-electron chi connectivity index (χ2n) is 5.21. The number of aliphatic hydroxyl groups excluding tert-OH is 2. The second-order valence-corrected chi connectivity index (χ2v) is 6.06. The van der Waals surface area contributed by atoms with Crippen molar-refractivity contribution in [3.05, 3.63) is 28.2 Å². The molecule has 1 aromatic carbocycles. The molecule has 20 heavy (non-hydrogen) atoms. The largest absolute Gasteiger partial charge is 0.489 e. The molecule has 1 atom stereocenters.